The molecule has 21 heavy (non-hydrogen) atoms. The lowest BCUT2D eigenvalue weighted by Gasteiger charge is -2.40. The highest BCUT2D eigenvalue weighted by Gasteiger charge is 2.22. The maximum atomic E-state index is 3.54. The summed E-state index contributed by atoms with van der Waals surface area (Å²) in [7, 11) is 2.24. The van der Waals surface area contributed by atoms with Crippen molar-refractivity contribution in [1.82, 2.24) is 10.2 Å². The average Bonchev–Trinajstić information content (AvgIpc) is 2.45. The number of piperazine rings is 1. The van der Waals surface area contributed by atoms with Crippen LogP contribution in [0.4, 0.5) is 5.69 Å². The van der Waals surface area contributed by atoms with Crippen LogP contribution in [-0.4, -0.2) is 43.2 Å². The Balaban J connectivity index is 1.96. The summed E-state index contributed by atoms with van der Waals surface area (Å²) in [6.07, 6.45) is 1.22. The van der Waals surface area contributed by atoms with Gasteiger partial charge >= 0.3 is 0 Å². The van der Waals surface area contributed by atoms with E-state index in [4.69, 9.17) is 0 Å². The van der Waals surface area contributed by atoms with Crippen LogP contribution in [0.15, 0.2) is 24.3 Å². The summed E-state index contributed by atoms with van der Waals surface area (Å²) in [6.45, 7) is 13.3. The Morgan fingerprint density at radius 3 is 2.38 bits per heavy atom. The molecular formula is C18H31N3. The van der Waals surface area contributed by atoms with Crippen molar-refractivity contribution in [3.63, 3.8) is 0 Å². The van der Waals surface area contributed by atoms with Gasteiger partial charge in [0.2, 0.25) is 0 Å². The van der Waals surface area contributed by atoms with Crippen LogP contribution in [0.25, 0.3) is 0 Å². The van der Waals surface area contributed by atoms with Crippen LogP contribution in [0.3, 0.4) is 0 Å². The summed E-state index contributed by atoms with van der Waals surface area (Å²) >= 11 is 0. The highest BCUT2D eigenvalue weighted by molar-refractivity contribution is 5.48. The van der Waals surface area contributed by atoms with E-state index in [0.717, 1.165) is 26.2 Å². The van der Waals surface area contributed by atoms with Gasteiger partial charge in [0.25, 0.3) is 0 Å². The molecule has 0 aliphatic carbocycles. The largest absolute Gasteiger partial charge is 0.369 e. The van der Waals surface area contributed by atoms with E-state index in [9.17, 15) is 0 Å². The number of anilines is 1. The average molecular weight is 289 g/mol. The number of benzene rings is 1. The highest BCUT2D eigenvalue weighted by atomic mass is 15.3. The van der Waals surface area contributed by atoms with Crippen LogP contribution in [-0.2, 0) is 6.54 Å². The van der Waals surface area contributed by atoms with Crippen molar-refractivity contribution >= 4 is 5.69 Å². The van der Waals surface area contributed by atoms with Gasteiger partial charge in [0.1, 0.15) is 0 Å². The fourth-order valence-electron chi connectivity index (χ4n) is 2.81. The summed E-state index contributed by atoms with van der Waals surface area (Å²) in [5, 5.41) is 3.54. The smallest absolute Gasteiger partial charge is 0.0367 e. The van der Waals surface area contributed by atoms with E-state index in [-0.39, 0.29) is 5.54 Å². The van der Waals surface area contributed by atoms with Gasteiger partial charge in [0, 0.05) is 43.4 Å². The van der Waals surface area contributed by atoms with Crippen LogP contribution >= 0.6 is 0 Å². The monoisotopic (exact) mass is 289 g/mol. The number of nitrogens with zero attached hydrogens (tertiary/aromatic N) is 2. The predicted molar refractivity (Wildman–Crippen MR) is 92.0 cm³/mol. The topological polar surface area (TPSA) is 18.5 Å². The van der Waals surface area contributed by atoms with E-state index in [0.29, 0.717) is 6.04 Å². The van der Waals surface area contributed by atoms with Gasteiger partial charge < -0.3 is 10.2 Å². The summed E-state index contributed by atoms with van der Waals surface area (Å²) < 4.78 is 0. The Morgan fingerprint density at radius 2 is 1.81 bits per heavy atom. The van der Waals surface area contributed by atoms with E-state index >= 15 is 0 Å². The quantitative estimate of drug-likeness (QED) is 0.919. The van der Waals surface area contributed by atoms with Gasteiger partial charge in [0.05, 0.1) is 0 Å². The van der Waals surface area contributed by atoms with E-state index < -0.39 is 0 Å². The van der Waals surface area contributed by atoms with Crippen LogP contribution < -0.4 is 10.2 Å². The molecule has 1 atom stereocenters. The third kappa shape index (κ3) is 4.72. The lowest BCUT2D eigenvalue weighted by molar-refractivity contribution is 0.213. The fourth-order valence-corrected chi connectivity index (χ4v) is 2.81. The first kappa shape index (κ1) is 16.3. The lowest BCUT2D eigenvalue weighted by atomic mass is 10.1. The van der Waals surface area contributed by atoms with Gasteiger partial charge in [-0.1, -0.05) is 19.1 Å². The summed E-state index contributed by atoms with van der Waals surface area (Å²) in [5.74, 6) is 0. The van der Waals surface area contributed by atoms with E-state index in [1.54, 1.807) is 0 Å². The van der Waals surface area contributed by atoms with Crippen molar-refractivity contribution in [1.29, 1.82) is 0 Å². The normalized spacial score (nSPS) is 20.8. The molecule has 0 saturated carbocycles. The van der Waals surface area contributed by atoms with Gasteiger partial charge in [-0.2, -0.15) is 0 Å². The molecule has 1 saturated heterocycles. The summed E-state index contributed by atoms with van der Waals surface area (Å²) in [6, 6.07) is 9.75. The van der Waals surface area contributed by atoms with Gasteiger partial charge in [-0.3, -0.25) is 4.90 Å². The maximum absolute atomic E-state index is 3.54. The van der Waals surface area contributed by atoms with E-state index in [2.05, 4.69) is 74.1 Å². The van der Waals surface area contributed by atoms with E-state index in [1.807, 2.05) is 0 Å². The van der Waals surface area contributed by atoms with Crippen LogP contribution in [0.5, 0.6) is 0 Å². The Kier molecular flexibility index (Phi) is 5.28. The molecule has 1 fully saturated rings. The first-order valence-electron chi connectivity index (χ1n) is 8.18. The third-order valence-corrected chi connectivity index (χ3v) is 4.37. The number of rotatable bonds is 4. The zero-order valence-electron chi connectivity index (χ0n) is 14.3. The highest BCUT2D eigenvalue weighted by Crippen LogP contribution is 2.20. The molecule has 1 N–H and O–H groups in total. The molecule has 2 rings (SSSR count). The lowest BCUT2D eigenvalue weighted by Crippen LogP contribution is -2.51. The summed E-state index contributed by atoms with van der Waals surface area (Å²) in [5.41, 5.74) is 2.89. The minimum absolute atomic E-state index is 0.171. The Labute approximate surface area is 130 Å². The molecule has 0 aromatic heterocycles. The molecule has 0 spiro atoms. The molecule has 0 radical (unpaired) electrons. The standard InChI is InChI=1S/C18H31N3/c1-6-16-14-21(12-11-20(16)5)17-9-7-15(8-10-17)13-19-18(2,3)4/h7-10,16,19H,6,11-14H2,1-5H3. The second-order valence-electron chi connectivity index (χ2n) is 7.26. The van der Waals surface area contributed by atoms with Crippen LogP contribution in [0.2, 0.25) is 0 Å². The minimum atomic E-state index is 0.171. The molecule has 1 aromatic carbocycles. The Bertz CT molecular complexity index is 433. The first-order chi connectivity index (χ1) is 9.89. The molecule has 1 heterocycles. The van der Waals surface area contributed by atoms with E-state index in [1.165, 1.54) is 17.7 Å². The molecule has 1 aromatic rings. The number of hydrogen-bond donors (Lipinski definition) is 1. The molecular weight excluding hydrogens is 258 g/mol. The van der Waals surface area contributed by atoms with Gasteiger partial charge in [0.15, 0.2) is 0 Å². The second kappa shape index (κ2) is 6.80. The van der Waals surface area contributed by atoms with Crippen molar-refractivity contribution in [3.05, 3.63) is 29.8 Å². The van der Waals surface area contributed by atoms with Crippen molar-refractivity contribution in [2.24, 2.45) is 0 Å². The maximum Gasteiger partial charge on any atom is 0.0367 e. The van der Waals surface area contributed by atoms with Gasteiger partial charge in [-0.15, -0.1) is 0 Å². The second-order valence-corrected chi connectivity index (χ2v) is 7.26. The molecule has 0 amide bonds. The van der Waals surface area contributed by atoms with Crippen LogP contribution in [0.1, 0.15) is 39.7 Å². The zero-order chi connectivity index (χ0) is 15.5. The third-order valence-electron chi connectivity index (χ3n) is 4.37. The van der Waals surface area contributed by atoms with Crippen molar-refractivity contribution in [2.45, 2.75) is 52.2 Å². The molecule has 3 nitrogen and oxygen atoms in total. The summed E-state index contributed by atoms with van der Waals surface area (Å²) in [4.78, 5) is 5.01. The number of nitrogens with one attached hydrogen (secondary N) is 1. The number of hydrogen-bond acceptors (Lipinski definition) is 3. The molecule has 1 aliphatic heterocycles. The first-order valence-corrected chi connectivity index (χ1v) is 8.18. The Morgan fingerprint density at radius 1 is 1.14 bits per heavy atom. The SMILES string of the molecule is CCC1CN(c2ccc(CNC(C)(C)C)cc2)CCN1C. The minimum Gasteiger partial charge on any atom is -0.369 e. The molecule has 118 valence electrons. The molecule has 0 bridgehead atoms. The predicted octanol–water partition coefficient (Wildman–Crippen LogP) is 3.11. The Hall–Kier alpha value is -1.06. The molecule has 1 unspecified atom stereocenters. The van der Waals surface area contributed by atoms with Crippen molar-refractivity contribution < 1.29 is 0 Å². The fraction of sp³-hybridized carbons (Fsp3) is 0.667. The van der Waals surface area contributed by atoms with Gasteiger partial charge in [-0.05, 0) is 51.9 Å². The van der Waals surface area contributed by atoms with Crippen molar-refractivity contribution in [2.75, 3.05) is 31.6 Å². The molecule has 3 heteroatoms. The molecule has 1 aliphatic rings. The van der Waals surface area contributed by atoms with Gasteiger partial charge in [-0.25, -0.2) is 0 Å². The number of likely N-dealkylation sites (N-methyl/N-ethyl adjacent to an activating group) is 1. The zero-order valence-corrected chi connectivity index (χ0v) is 14.3. The van der Waals surface area contributed by atoms with Crippen LogP contribution in [0, 0.1) is 0 Å². The van der Waals surface area contributed by atoms with Crippen molar-refractivity contribution in [3.8, 4) is 0 Å².